The molecular weight excluding hydrogens is 424 g/mol. The highest BCUT2D eigenvalue weighted by atomic mass is 32.2. The molecule has 0 saturated carbocycles. The lowest BCUT2D eigenvalue weighted by Gasteiger charge is -2.32. The molecule has 0 atom stereocenters. The second-order valence-corrected chi connectivity index (χ2v) is 10.0. The van der Waals surface area contributed by atoms with Crippen LogP contribution in [0.25, 0.3) is 0 Å². The van der Waals surface area contributed by atoms with Crippen molar-refractivity contribution in [2.75, 3.05) is 24.4 Å². The molecule has 1 saturated heterocycles. The summed E-state index contributed by atoms with van der Waals surface area (Å²) in [4.78, 5) is 15.0. The normalized spacial score (nSPS) is 15.0. The van der Waals surface area contributed by atoms with Crippen LogP contribution < -0.4 is 4.72 Å². The highest BCUT2D eigenvalue weighted by Gasteiger charge is 2.26. The molecule has 1 N–H and O–H groups in total. The van der Waals surface area contributed by atoms with E-state index in [2.05, 4.69) is 11.6 Å². The number of carbonyl (C=O) groups excluding carboxylic acids is 1. The lowest BCUT2D eigenvalue weighted by atomic mass is 10.0. The summed E-state index contributed by atoms with van der Waals surface area (Å²) in [5.74, 6) is -0.130. The number of anilines is 1. The Morgan fingerprint density at radius 3 is 2.41 bits per heavy atom. The molecule has 0 radical (unpaired) electrons. The van der Waals surface area contributed by atoms with Crippen molar-refractivity contribution in [1.29, 1.82) is 0 Å². The Morgan fingerprint density at radius 1 is 1.09 bits per heavy atom. The standard InChI is InChI=1S/C25H34N2O4S/c1-4-6-7-20-9-11-21(12-10-20)26-32(29,30)23-13-8-19(3)24(18-23)25(28)27-16-14-22(15-17-27)31-5-2/h8-13,18,22,26H,4-7,14-17H2,1-3H3. The fourth-order valence-corrected chi connectivity index (χ4v) is 5.05. The molecule has 32 heavy (non-hydrogen) atoms. The highest BCUT2D eigenvalue weighted by Crippen LogP contribution is 2.23. The number of hydrogen-bond acceptors (Lipinski definition) is 4. The van der Waals surface area contributed by atoms with E-state index in [-0.39, 0.29) is 16.9 Å². The number of ether oxygens (including phenoxy) is 1. The summed E-state index contributed by atoms with van der Waals surface area (Å²) in [6, 6.07) is 12.2. The Kier molecular flexibility index (Phi) is 8.32. The summed E-state index contributed by atoms with van der Waals surface area (Å²) in [6.07, 6.45) is 4.99. The minimum Gasteiger partial charge on any atom is -0.378 e. The molecular formula is C25H34N2O4S. The number of unbranched alkanes of at least 4 members (excludes halogenated alkanes) is 1. The van der Waals surface area contributed by atoms with Gasteiger partial charge in [-0.1, -0.05) is 31.5 Å². The molecule has 0 aromatic heterocycles. The van der Waals surface area contributed by atoms with Gasteiger partial charge >= 0.3 is 0 Å². The van der Waals surface area contributed by atoms with Gasteiger partial charge in [-0.15, -0.1) is 0 Å². The monoisotopic (exact) mass is 458 g/mol. The Hall–Kier alpha value is -2.38. The number of hydrogen-bond donors (Lipinski definition) is 1. The van der Waals surface area contributed by atoms with Crippen molar-refractivity contribution in [1.82, 2.24) is 4.90 Å². The van der Waals surface area contributed by atoms with Crippen LogP contribution >= 0.6 is 0 Å². The van der Waals surface area contributed by atoms with Gasteiger partial charge < -0.3 is 9.64 Å². The number of piperidine rings is 1. The predicted molar refractivity (Wildman–Crippen MR) is 128 cm³/mol. The fraction of sp³-hybridized carbons (Fsp3) is 0.480. The van der Waals surface area contributed by atoms with Gasteiger partial charge in [0.05, 0.1) is 11.0 Å². The number of sulfonamides is 1. The predicted octanol–water partition coefficient (Wildman–Crippen LogP) is 4.78. The van der Waals surface area contributed by atoms with E-state index in [1.54, 1.807) is 29.2 Å². The first kappa shape index (κ1) is 24.3. The van der Waals surface area contributed by atoms with E-state index in [0.717, 1.165) is 37.7 Å². The molecule has 0 bridgehead atoms. The van der Waals surface area contributed by atoms with Gasteiger partial charge in [-0.05, 0) is 74.9 Å². The third-order valence-corrected chi connectivity index (χ3v) is 7.29. The van der Waals surface area contributed by atoms with Crippen molar-refractivity contribution in [2.24, 2.45) is 0 Å². The average molecular weight is 459 g/mol. The van der Waals surface area contributed by atoms with Gasteiger partial charge in [0.25, 0.3) is 15.9 Å². The van der Waals surface area contributed by atoms with E-state index in [1.807, 2.05) is 26.0 Å². The number of nitrogens with one attached hydrogen (secondary N) is 1. The summed E-state index contributed by atoms with van der Waals surface area (Å²) in [5.41, 5.74) is 2.89. The van der Waals surface area contributed by atoms with Crippen molar-refractivity contribution < 1.29 is 17.9 Å². The second kappa shape index (κ2) is 11.0. The van der Waals surface area contributed by atoms with Gasteiger partial charge in [0, 0.05) is 30.9 Å². The molecule has 3 rings (SSSR count). The van der Waals surface area contributed by atoms with E-state index in [4.69, 9.17) is 4.74 Å². The van der Waals surface area contributed by atoms with E-state index in [9.17, 15) is 13.2 Å². The number of nitrogens with zero attached hydrogens (tertiary/aromatic N) is 1. The number of aryl methyl sites for hydroxylation is 2. The van der Waals surface area contributed by atoms with Crippen LogP contribution in [0, 0.1) is 6.92 Å². The second-order valence-electron chi connectivity index (χ2n) is 8.33. The molecule has 1 aliphatic heterocycles. The molecule has 2 aromatic rings. The number of likely N-dealkylation sites (tertiary alicyclic amines) is 1. The van der Waals surface area contributed by atoms with Gasteiger partial charge in [0.15, 0.2) is 0 Å². The molecule has 1 amide bonds. The summed E-state index contributed by atoms with van der Waals surface area (Å²) < 4.78 is 34.3. The molecule has 7 heteroatoms. The first-order valence-electron chi connectivity index (χ1n) is 11.5. The smallest absolute Gasteiger partial charge is 0.261 e. The van der Waals surface area contributed by atoms with Gasteiger partial charge in [-0.3, -0.25) is 9.52 Å². The van der Waals surface area contributed by atoms with Crippen LogP contribution in [0.1, 0.15) is 61.0 Å². The van der Waals surface area contributed by atoms with Crippen LogP contribution in [0.5, 0.6) is 0 Å². The Bertz CT molecular complexity index is 1010. The van der Waals surface area contributed by atoms with Crippen molar-refractivity contribution in [3.05, 3.63) is 59.2 Å². The van der Waals surface area contributed by atoms with Crippen molar-refractivity contribution in [3.63, 3.8) is 0 Å². The summed E-state index contributed by atoms with van der Waals surface area (Å²) in [7, 11) is -3.80. The summed E-state index contributed by atoms with van der Waals surface area (Å²) in [6.45, 7) is 7.85. The summed E-state index contributed by atoms with van der Waals surface area (Å²) in [5, 5.41) is 0. The van der Waals surface area contributed by atoms with E-state index >= 15 is 0 Å². The third kappa shape index (κ3) is 6.11. The Labute approximate surface area is 192 Å². The van der Waals surface area contributed by atoms with Gasteiger partial charge in [0.2, 0.25) is 0 Å². The van der Waals surface area contributed by atoms with Gasteiger partial charge in [0.1, 0.15) is 0 Å². The van der Waals surface area contributed by atoms with E-state index in [0.29, 0.717) is 30.9 Å². The largest absolute Gasteiger partial charge is 0.378 e. The fourth-order valence-electron chi connectivity index (χ4n) is 3.96. The summed E-state index contributed by atoms with van der Waals surface area (Å²) >= 11 is 0. The van der Waals surface area contributed by atoms with E-state index < -0.39 is 10.0 Å². The topological polar surface area (TPSA) is 75.7 Å². The molecule has 0 unspecified atom stereocenters. The molecule has 2 aromatic carbocycles. The first-order chi connectivity index (χ1) is 15.3. The van der Waals surface area contributed by atoms with Crippen LogP contribution in [0.15, 0.2) is 47.4 Å². The number of benzene rings is 2. The molecule has 1 fully saturated rings. The molecule has 1 aliphatic rings. The third-order valence-electron chi connectivity index (χ3n) is 5.91. The zero-order chi connectivity index (χ0) is 23.1. The lowest BCUT2D eigenvalue weighted by Crippen LogP contribution is -2.41. The van der Waals surface area contributed by atoms with Crippen molar-refractivity contribution in [3.8, 4) is 0 Å². The number of rotatable bonds is 9. The Morgan fingerprint density at radius 2 is 1.78 bits per heavy atom. The van der Waals surface area contributed by atoms with E-state index in [1.165, 1.54) is 11.6 Å². The van der Waals surface area contributed by atoms with Crippen LogP contribution in [0.2, 0.25) is 0 Å². The number of amides is 1. The highest BCUT2D eigenvalue weighted by molar-refractivity contribution is 7.92. The lowest BCUT2D eigenvalue weighted by molar-refractivity contribution is 0.0146. The van der Waals surface area contributed by atoms with Crippen LogP contribution in [-0.4, -0.2) is 45.0 Å². The molecule has 1 heterocycles. The molecule has 0 spiro atoms. The quantitative estimate of drug-likeness (QED) is 0.587. The van der Waals surface area contributed by atoms with Crippen molar-refractivity contribution >= 4 is 21.6 Å². The maximum Gasteiger partial charge on any atom is 0.261 e. The minimum absolute atomic E-state index is 0.0886. The minimum atomic E-state index is -3.80. The number of carbonyl (C=O) groups is 1. The van der Waals surface area contributed by atoms with Crippen LogP contribution in [0.4, 0.5) is 5.69 Å². The Balaban J connectivity index is 1.73. The molecule has 6 nitrogen and oxygen atoms in total. The molecule has 0 aliphatic carbocycles. The zero-order valence-electron chi connectivity index (χ0n) is 19.3. The molecule has 174 valence electrons. The van der Waals surface area contributed by atoms with Crippen LogP contribution in [-0.2, 0) is 21.2 Å². The maximum atomic E-state index is 13.1. The van der Waals surface area contributed by atoms with Gasteiger partial charge in [-0.25, -0.2) is 8.42 Å². The average Bonchev–Trinajstić information content (AvgIpc) is 2.79. The van der Waals surface area contributed by atoms with Gasteiger partial charge in [-0.2, -0.15) is 0 Å². The SMILES string of the molecule is CCCCc1ccc(NS(=O)(=O)c2ccc(C)c(C(=O)N3CCC(OCC)CC3)c2)cc1. The zero-order valence-corrected chi connectivity index (χ0v) is 20.1. The first-order valence-corrected chi connectivity index (χ1v) is 13.0. The van der Waals surface area contributed by atoms with Crippen molar-refractivity contribution in [2.45, 2.75) is 63.9 Å². The maximum absolute atomic E-state index is 13.1. The van der Waals surface area contributed by atoms with Crippen LogP contribution in [0.3, 0.4) is 0 Å².